The van der Waals surface area contributed by atoms with Crippen LogP contribution in [0.5, 0.6) is 11.5 Å². The van der Waals surface area contributed by atoms with E-state index in [9.17, 15) is 0 Å². The summed E-state index contributed by atoms with van der Waals surface area (Å²) in [6, 6.07) is 6.62. The van der Waals surface area contributed by atoms with Gasteiger partial charge < -0.3 is 14.8 Å². The van der Waals surface area contributed by atoms with Crippen molar-refractivity contribution in [2.24, 2.45) is 5.92 Å². The van der Waals surface area contributed by atoms with E-state index in [0.717, 1.165) is 17.1 Å². The lowest BCUT2D eigenvalue weighted by molar-refractivity contribution is 0.348. The second-order valence-corrected chi connectivity index (χ2v) is 5.17. The minimum absolute atomic E-state index is 0.231. The molecular weight excluding hydrogens is 238 g/mol. The van der Waals surface area contributed by atoms with Gasteiger partial charge in [0.1, 0.15) is 11.5 Å². The second-order valence-electron chi connectivity index (χ2n) is 5.17. The molecule has 0 amide bonds. The first kappa shape index (κ1) is 15.8. The van der Waals surface area contributed by atoms with Crippen LogP contribution in [-0.2, 0) is 0 Å². The average molecular weight is 265 g/mol. The molecule has 3 unspecified atom stereocenters. The van der Waals surface area contributed by atoms with Gasteiger partial charge in [0.15, 0.2) is 0 Å². The lowest BCUT2D eigenvalue weighted by atomic mass is 9.98. The quantitative estimate of drug-likeness (QED) is 0.813. The lowest BCUT2D eigenvalue weighted by Crippen LogP contribution is -2.34. The van der Waals surface area contributed by atoms with Gasteiger partial charge >= 0.3 is 0 Å². The zero-order valence-electron chi connectivity index (χ0n) is 13.0. The Bertz CT molecular complexity index is 392. The molecule has 0 spiro atoms. The molecule has 0 saturated carbocycles. The maximum atomic E-state index is 5.44. The molecule has 0 aliphatic rings. The Kier molecular flexibility index (Phi) is 6.16. The van der Waals surface area contributed by atoms with Crippen LogP contribution in [0.4, 0.5) is 0 Å². The van der Waals surface area contributed by atoms with Crippen LogP contribution in [0.2, 0.25) is 0 Å². The van der Waals surface area contributed by atoms with Crippen molar-refractivity contribution < 1.29 is 9.47 Å². The predicted molar refractivity (Wildman–Crippen MR) is 80.0 cm³/mol. The van der Waals surface area contributed by atoms with E-state index in [0.29, 0.717) is 12.0 Å². The van der Waals surface area contributed by atoms with E-state index in [2.05, 4.69) is 33.0 Å². The highest BCUT2D eigenvalue weighted by molar-refractivity contribution is 5.42. The minimum atomic E-state index is 0.231. The van der Waals surface area contributed by atoms with E-state index >= 15 is 0 Å². The maximum absolute atomic E-state index is 5.44. The van der Waals surface area contributed by atoms with Crippen molar-refractivity contribution in [2.75, 3.05) is 14.2 Å². The number of rotatable bonds is 7. The first-order valence-electron chi connectivity index (χ1n) is 7.01. The van der Waals surface area contributed by atoms with Gasteiger partial charge in [-0.05, 0) is 38.0 Å². The van der Waals surface area contributed by atoms with Gasteiger partial charge in [-0.3, -0.25) is 0 Å². The van der Waals surface area contributed by atoms with Gasteiger partial charge in [0.2, 0.25) is 0 Å². The molecule has 1 rings (SSSR count). The van der Waals surface area contributed by atoms with Crippen molar-refractivity contribution in [1.29, 1.82) is 0 Å². The molecule has 1 aromatic rings. The van der Waals surface area contributed by atoms with E-state index in [-0.39, 0.29) is 6.04 Å². The normalized spacial score (nSPS) is 15.7. The summed E-state index contributed by atoms with van der Waals surface area (Å²) >= 11 is 0. The third kappa shape index (κ3) is 4.13. The fourth-order valence-corrected chi connectivity index (χ4v) is 2.18. The van der Waals surface area contributed by atoms with Crippen molar-refractivity contribution >= 4 is 0 Å². The Hall–Kier alpha value is -1.22. The van der Waals surface area contributed by atoms with E-state index in [1.807, 2.05) is 18.2 Å². The molecule has 0 heterocycles. The zero-order chi connectivity index (χ0) is 14.4. The molecule has 3 atom stereocenters. The van der Waals surface area contributed by atoms with Gasteiger partial charge in [-0.1, -0.05) is 20.3 Å². The van der Waals surface area contributed by atoms with Crippen LogP contribution in [0.25, 0.3) is 0 Å². The Balaban J connectivity index is 2.88. The van der Waals surface area contributed by atoms with Crippen LogP contribution in [0.3, 0.4) is 0 Å². The average Bonchev–Trinajstić information content (AvgIpc) is 2.45. The van der Waals surface area contributed by atoms with Crippen LogP contribution in [0, 0.1) is 5.92 Å². The molecule has 0 radical (unpaired) electrons. The van der Waals surface area contributed by atoms with Crippen molar-refractivity contribution in [2.45, 2.75) is 46.2 Å². The van der Waals surface area contributed by atoms with Crippen LogP contribution in [-0.4, -0.2) is 20.3 Å². The maximum Gasteiger partial charge on any atom is 0.123 e. The highest BCUT2D eigenvalue weighted by Crippen LogP contribution is 2.29. The predicted octanol–water partition coefficient (Wildman–Crippen LogP) is 3.79. The van der Waals surface area contributed by atoms with Crippen molar-refractivity contribution in [3.05, 3.63) is 23.8 Å². The van der Waals surface area contributed by atoms with E-state index in [4.69, 9.17) is 9.47 Å². The first-order valence-corrected chi connectivity index (χ1v) is 7.01. The van der Waals surface area contributed by atoms with E-state index in [1.165, 1.54) is 6.42 Å². The Morgan fingerprint density at radius 1 is 1.11 bits per heavy atom. The number of nitrogens with one attached hydrogen (secondary N) is 1. The molecule has 0 bridgehead atoms. The summed E-state index contributed by atoms with van der Waals surface area (Å²) < 4.78 is 10.7. The van der Waals surface area contributed by atoms with Crippen LogP contribution >= 0.6 is 0 Å². The monoisotopic (exact) mass is 265 g/mol. The molecule has 3 heteroatoms. The molecule has 0 aliphatic carbocycles. The number of methoxy groups -OCH3 is 2. The molecule has 3 nitrogen and oxygen atoms in total. The summed E-state index contributed by atoms with van der Waals surface area (Å²) in [5, 5.41) is 3.64. The summed E-state index contributed by atoms with van der Waals surface area (Å²) in [7, 11) is 3.39. The topological polar surface area (TPSA) is 30.5 Å². The molecule has 1 N–H and O–H groups in total. The number of ether oxygens (including phenoxy) is 2. The molecule has 19 heavy (non-hydrogen) atoms. The van der Waals surface area contributed by atoms with Crippen molar-refractivity contribution in [3.63, 3.8) is 0 Å². The van der Waals surface area contributed by atoms with Crippen molar-refractivity contribution in [1.82, 2.24) is 5.32 Å². The van der Waals surface area contributed by atoms with Gasteiger partial charge in [-0.2, -0.15) is 0 Å². The smallest absolute Gasteiger partial charge is 0.123 e. The molecule has 0 aromatic heterocycles. The first-order chi connectivity index (χ1) is 9.03. The summed E-state index contributed by atoms with van der Waals surface area (Å²) in [5.41, 5.74) is 1.14. The molecule has 0 saturated heterocycles. The van der Waals surface area contributed by atoms with E-state index < -0.39 is 0 Å². The SMILES string of the molecule is CCC(C)C(C)NC(C)c1cc(OC)ccc1OC. The van der Waals surface area contributed by atoms with Crippen LogP contribution < -0.4 is 14.8 Å². The van der Waals surface area contributed by atoms with Gasteiger partial charge in [0.25, 0.3) is 0 Å². The minimum Gasteiger partial charge on any atom is -0.497 e. The summed E-state index contributed by atoms with van der Waals surface area (Å²) in [6.45, 7) is 8.89. The largest absolute Gasteiger partial charge is 0.497 e. The highest BCUT2D eigenvalue weighted by atomic mass is 16.5. The van der Waals surface area contributed by atoms with Crippen LogP contribution in [0.1, 0.15) is 45.7 Å². The lowest BCUT2D eigenvalue weighted by Gasteiger charge is -2.26. The summed E-state index contributed by atoms with van der Waals surface area (Å²) in [6.07, 6.45) is 1.18. The fraction of sp³-hybridized carbons (Fsp3) is 0.625. The Morgan fingerprint density at radius 2 is 1.79 bits per heavy atom. The number of benzene rings is 1. The Labute approximate surface area is 117 Å². The number of hydrogen-bond acceptors (Lipinski definition) is 3. The van der Waals surface area contributed by atoms with Crippen LogP contribution in [0.15, 0.2) is 18.2 Å². The molecular formula is C16H27NO2. The molecule has 1 aromatic carbocycles. The molecule has 0 fully saturated rings. The van der Waals surface area contributed by atoms with Gasteiger partial charge in [0, 0.05) is 17.6 Å². The Morgan fingerprint density at radius 3 is 2.32 bits per heavy atom. The fourth-order valence-electron chi connectivity index (χ4n) is 2.18. The molecule has 0 aliphatic heterocycles. The van der Waals surface area contributed by atoms with E-state index in [1.54, 1.807) is 14.2 Å². The third-order valence-corrected chi connectivity index (χ3v) is 3.91. The number of hydrogen-bond donors (Lipinski definition) is 1. The summed E-state index contributed by atoms with van der Waals surface area (Å²) in [5.74, 6) is 2.41. The van der Waals surface area contributed by atoms with Crippen molar-refractivity contribution in [3.8, 4) is 11.5 Å². The standard InChI is InChI=1S/C16H27NO2/c1-7-11(2)12(3)17-13(4)15-10-14(18-5)8-9-16(15)19-6/h8-13,17H,7H2,1-6H3. The molecule has 108 valence electrons. The van der Waals surface area contributed by atoms with Gasteiger partial charge in [-0.25, -0.2) is 0 Å². The summed E-state index contributed by atoms with van der Waals surface area (Å²) in [4.78, 5) is 0. The van der Waals surface area contributed by atoms with Gasteiger partial charge in [0.05, 0.1) is 14.2 Å². The van der Waals surface area contributed by atoms with Gasteiger partial charge in [-0.15, -0.1) is 0 Å². The highest BCUT2D eigenvalue weighted by Gasteiger charge is 2.17. The third-order valence-electron chi connectivity index (χ3n) is 3.91. The second kappa shape index (κ2) is 7.39. The zero-order valence-corrected chi connectivity index (χ0v) is 13.0.